The van der Waals surface area contributed by atoms with Crippen LogP contribution in [0.3, 0.4) is 0 Å². The van der Waals surface area contributed by atoms with Gasteiger partial charge < -0.3 is 4.74 Å². The van der Waals surface area contributed by atoms with E-state index in [2.05, 4.69) is 63.9 Å². The van der Waals surface area contributed by atoms with Crippen LogP contribution in [0, 0.1) is 0 Å². The maximum absolute atomic E-state index is 5.81. The van der Waals surface area contributed by atoms with Gasteiger partial charge in [0.15, 0.2) is 0 Å². The second-order valence-electron chi connectivity index (χ2n) is 6.56. The fourth-order valence-corrected chi connectivity index (χ4v) is 2.08. The largest absolute Gasteiger partial charge is 0.494 e. The van der Waals surface area contributed by atoms with Gasteiger partial charge in [-0.1, -0.05) is 52.3 Å². The molecule has 0 saturated carbocycles. The zero-order valence-electron chi connectivity index (χ0n) is 16.4. The molecule has 130 valence electrons. The van der Waals surface area contributed by atoms with Crippen molar-refractivity contribution in [3.05, 3.63) is 41.1 Å². The Morgan fingerprint density at radius 2 is 1.65 bits per heavy atom. The first-order chi connectivity index (χ1) is 10.8. The van der Waals surface area contributed by atoms with E-state index in [1.807, 2.05) is 27.0 Å². The van der Waals surface area contributed by atoms with E-state index in [0.717, 1.165) is 25.2 Å². The van der Waals surface area contributed by atoms with Crippen molar-refractivity contribution in [2.75, 3.05) is 6.61 Å². The second kappa shape index (κ2) is 11.0. The minimum Gasteiger partial charge on any atom is -0.494 e. The first-order valence-electron chi connectivity index (χ1n) is 8.73. The van der Waals surface area contributed by atoms with Gasteiger partial charge in [-0.15, -0.1) is 0 Å². The van der Waals surface area contributed by atoms with Crippen LogP contribution < -0.4 is 4.74 Å². The van der Waals surface area contributed by atoms with Crippen LogP contribution in [0.15, 0.2) is 40.5 Å². The fourth-order valence-electron chi connectivity index (χ4n) is 2.08. The summed E-state index contributed by atoms with van der Waals surface area (Å²) in [5, 5.41) is 0. The highest BCUT2D eigenvalue weighted by Crippen LogP contribution is 2.24. The average Bonchev–Trinajstić information content (AvgIpc) is 2.51. The van der Waals surface area contributed by atoms with Crippen LogP contribution in [0.4, 0.5) is 0 Å². The maximum atomic E-state index is 5.81. The summed E-state index contributed by atoms with van der Waals surface area (Å²) in [7, 11) is 0. The number of rotatable bonds is 6. The molecule has 0 aliphatic rings. The minimum absolute atomic E-state index is 0.190. The molecule has 23 heavy (non-hydrogen) atoms. The van der Waals surface area contributed by atoms with E-state index >= 15 is 0 Å². The van der Waals surface area contributed by atoms with Crippen LogP contribution in [-0.4, -0.2) is 12.8 Å². The summed E-state index contributed by atoms with van der Waals surface area (Å²) >= 11 is 0. The predicted octanol–water partition coefficient (Wildman–Crippen LogP) is 6.55. The van der Waals surface area contributed by atoms with Gasteiger partial charge in [-0.2, -0.15) is 0 Å². The van der Waals surface area contributed by atoms with Crippen molar-refractivity contribution in [2.24, 2.45) is 4.99 Å². The van der Waals surface area contributed by atoms with Crippen molar-refractivity contribution < 1.29 is 4.74 Å². The summed E-state index contributed by atoms with van der Waals surface area (Å²) in [5.41, 5.74) is 3.97. The normalized spacial score (nSPS) is 11.0. The van der Waals surface area contributed by atoms with Gasteiger partial charge in [-0.25, -0.2) is 0 Å². The molecule has 0 amide bonds. The van der Waals surface area contributed by atoms with E-state index in [0.29, 0.717) is 0 Å². The monoisotopic (exact) mass is 317 g/mol. The Bertz CT molecular complexity index is 486. The first-order valence-corrected chi connectivity index (χ1v) is 8.73. The van der Waals surface area contributed by atoms with Gasteiger partial charge in [0.25, 0.3) is 0 Å². The third-order valence-electron chi connectivity index (χ3n) is 3.41. The van der Waals surface area contributed by atoms with Crippen LogP contribution in [-0.2, 0) is 5.41 Å². The Balaban J connectivity index is 0.00000232. The highest BCUT2D eigenvalue weighted by atomic mass is 16.5. The molecule has 0 heterocycles. The zero-order valence-corrected chi connectivity index (χ0v) is 16.4. The highest BCUT2D eigenvalue weighted by Gasteiger charge is 2.12. The van der Waals surface area contributed by atoms with Gasteiger partial charge in [0.1, 0.15) is 5.75 Å². The van der Waals surface area contributed by atoms with Crippen LogP contribution in [0.1, 0.15) is 73.8 Å². The number of hydrogen-bond acceptors (Lipinski definition) is 2. The van der Waals surface area contributed by atoms with Gasteiger partial charge >= 0.3 is 0 Å². The van der Waals surface area contributed by atoms with Crippen molar-refractivity contribution in [1.29, 1.82) is 0 Å². The molecule has 2 heteroatoms. The molecule has 0 radical (unpaired) electrons. The molecule has 0 N–H and O–H groups in total. The smallest absolute Gasteiger partial charge is 0.119 e. The van der Waals surface area contributed by atoms with Crippen molar-refractivity contribution in [2.45, 2.75) is 73.6 Å². The summed E-state index contributed by atoms with van der Waals surface area (Å²) in [6.07, 6.45) is 3.81. The van der Waals surface area contributed by atoms with Crippen LogP contribution in [0.5, 0.6) is 5.75 Å². The number of nitrogens with zero attached hydrogens (tertiary/aromatic N) is 1. The first kappa shape index (κ1) is 21.4. The minimum atomic E-state index is 0.190. The Hall–Kier alpha value is -1.57. The number of allylic oxidation sites excluding steroid dienone is 2. The molecular weight excluding hydrogens is 282 g/mol. The van der Waals surface area contributed by atoms with Crippen LogP contribution >= 0.6 is 0 Å². The van der Waals surface area contributed by atoms with Crippen LogP contribution in [0.25, 0.3) is 0 Å². The Kier molecular flexibility index (Phi) is 10.3. The fraction of sp³-hybridized carbons (Fsp3) is 0.571. The molecule has 1 aromatic carbocycles. The lowest BCUT2D eigenvalue weighted by atomic mass is 9.87. The topological polar surface area (TPSA) is 21.6 Å². The molecule has 0 aliphatic heterocycles. The lowest BCUT2D eigenvalue weighted by molar-refractivity contribution is 0.310. The third kappa shape index (κ3) is 8.59. The zero-order chi connectivity index (χ0) is 17.9. The second-order valence-corrected chi connectivity index (χ2v) is 6.56. The van der Waals surface area contributed by atoms with Gasteiger partial charge in [-0.3, -0.25) is 4.99 Å². The van der Waals surface area contributed by atoms with Crippen molar-refractivity contribution in [3.8, 4) is 5.75 Å². The quantitative estimate of drug-likeness (QED) is 0.430. The maximum Gasteiger partial charge on any atom is 0.119 e. The lowest BCUT2D eigenvalue weighted by Gasteiger charge is -2.19. The molecule has 0 unspecified atom stereocenters. The van der Waals surface area contributed by atoms with E-state index in [4.69, 9.17) is 4.74 Å². The van der Waals surface area contributed by atoms with E-state index in [9.17, 15) is 0 Å². The number of ether oxygens (including phenoxy) is 1. The van der Waals surface area contributed by atoms with Crippen molar-refractivity contribution in [3.63, 3.8) is 0 Å². The SMILES string of the molecule is CC.CC=NC(CCCOc1ccc(C(C)(C)C)cc1)=C(C)C. The molecule has 0 saturated heterocycles. The number of benzene rings is 1. The lowest BCUT2D eigenvalue weighted by Crippen LogP contribution is -2.10. The average molecular weight is 318 g/mol. The summed E-state index contributed by atoms with van der Waals surface area (Å²) in [4.78, 5) is 4.41. The molecular formula is C21H35NO. The van der Waals surface area contributed by atoms with Gasteiger partial charge in [0.2, 0.25) is 0 Å². The molecule has 0 atom stereocenters. The van der Waals surface area contributed by atoms with E-state index in [-0.39, 0.29) is 5.41 Å². The van der Waals surface area contributed by atoms with Gasteiger partial charge in [0.05, 0.1) is 6.61 Å². The molecule has 2 nitrogen and oxygen atoms in total. The summed E-state index contributed by atoms with van der Waals surface area (Å²) in [5.74, 6) is 0.945. The molecule has 0 fully saturated rings. The number of hydrogen-bond donors (Lipinski definition) is 0. The third-order valence-corrected chi connectivity index (χ3v) is 3.41. The van der Waals surface area contributed by atoms with E-state index < -0.39 is 0 Å². The Morgan fingerprint density at radius 1 is 1.09 bits per heavy atom. The van der Waals surface area contributed by atoms with Crippen molar-refractivity contribution >= 4 is 6.21 Å². The molecule has 0 aromatic heterocycles. The summed E-state index contributed by atoms with van der Waals surface area (Å²) in [6.45, 7) is 17.6. The summed E-state index contributed by atoms with van der Waals surface area (Å²) in [6, 6.07) is 8.43. The predicted molar refractivity (Wildman–Crippen MR) is 104 cm³/mol. The van der Waals surface area contributed by atoms with Gasteiger partial charge in [-0.05, 0) is 56.7 Å². The van der Waals surface area contributed by atoms with Crippen LogP contribution in [0.2, 0.25) is 0 Å². The van der Waals surface area contributed by atoms with Crippen molar-refractivity contribution in [1.82, 2.24) is 0 Å². The Labute approximate surface area is 143 Å². The molecule has 0 aliphatic carbocycles. The van der Waals surface area contributed by atoms with Gasteiger partial charge in [0, 0.05) is 11.9 Å². The molecule has 0 spiro atoms. The summed E-state index contributed by atoms with van der Waals surface area (Å²) < 4.78 is 5.81. The van der Waals surface area contributed by atoms with E-state index in [1.54, 1.807) is 0 Å². The Morgan fingerprint density at radius 3 is 2.09 bits per heavy atom. The highest BCUT2D eigenvalue weighted by molar-refractivity contribution is 5.55. The molecule has 0 bridgehead atoms. The standard InChI is InChI=1S/C19H29NO.C2H6/c1-7-20-18(15(2)3)9-8-14-21-17-12-10-16(11-13-17)19(4,5)6;1-2/h7,10-13H,8-9,14H2,1-6H3;1-2H3. The molecule has 1 aromatic rings. The molecule has 1 rings (SSSR count). The van der Waals surface area contributed by atoms with E-state index in [1.165, 1.54) is 16.8 Å². The number of aliphatic imine (C=N–C) groups is 1.